The van der Waals surface area contributed by atoms with Gasteiger partial charge in [0.25, 0.3) is 0 Å². The highest BCUT2D eigenvalue weighted by Crippen LogP contribution is 2.30. The molecule has 1 N–H and O–H groups in total. The van der Waals surface area contributed by atoms with E-state index in [4.69, 9.17) is 0 Å². The van der Waals surface area contributed by atoms with E-state index < -0.39 is 0 Å². The normalized spacial score (nSPS) is 14.3. The van der Waals surface area contributed by atoms with Crippen LogP contribution < -0.4 is 0 Å². The second-order valence-corrected chi connectivity index (χ2v) is 7.48. The lowest BCUT2D eigenvalue weighted by Crippen LogP contribution is -2.17. The summed E-state index contributed by atoms with van der Waals surface area (Å²) in [5.41, 5.74) is 6.71. The van der Waals surface area contributed by atoms with Crippen LogP contribution in [-0.4, -0.2) is 11.2 Å². The average molecular weight is 357 g/mol. The van der Waals surface area contributed by atoms with E-state index in [1.165, 1.54) is 34.3 Å². The fourth-order valence-electron chi connectivity index (χ4n) is 3.60. The van der Waals surface area contributed by atoms with E-state index in [0.29, 0.717) is 0 Å². The van der Waals surface area contributed by atoms with Gasteiger partial charge in [-0.05, 0) is 54.9 Å². The molecular weight excluding hydrogens is 316 g/mol. The minimum absolute atomic E-state index is 0.374. The number of allylic oxidation sites excluding steroid dienone is 3. The molecule has 0 aliphatic heterocycles. The molecule has 1 nitrogen and oxygen atoms in total. The summed E-state index contributed by atoms with van der Waals surface area (Å²) in [5.74, 6) is 0. The first kappa shape index (κ1) is 22.7. The third kappa shape index (κ3) is 7.50. The Morgan fingerprint density at radius 3 is 2.04 bits per heavy atom. The third-order valence-electron chi connectivity index (χ3n) is 4.95. The summed E-state index contributed by atoms with van der Waals surface area (Å²) in [5, 5.41) is 11.1. The maximum absolute atomic E-state index is 11.1. The Morgan fingerprint density at radius 1 is 0.885 bits per heavy atom. The van der Waals surface area contributed by atoms with Crippen LogP contribution in [-0.2, 0) is 6.42 Å². The average Bonchev–Trinajstić information content (AvgIpc) is 2.63. The fraction of sp³-hybridized carbons (Fsp3) is 0.600. The van der Waals surface area contributed by atoms with Gasteiger partial charge in [-0.1, -0.05) is 89.3 Å². The van der Waals surface area contributed by atoms with Crippen LogP contribution in [0.25, 0.3) is 0 Å². The molecule has 0 heterocycles. The molecule has 0 spiro atoms. The summed E-state index contributed by atoms with van der Waals surface area (Å²) >= 11 is 0. The molecule has 0 saturated carbocycles. The number of aryl methyl sites for hydroxylation is 1. The highest BCUT2D eigenvalue weighted by atomic mass is 16.3. The second kappa shape index (κ2) is 12.9. The summed E-state index contributed by atoms with van der Waals surface area (Å²) in [6.07, 6.45) is 11.7. The first-order valence-corrected chi connectivity index (χ1v) is 10.7. The molecule has 0 saturated heterocycles. The molecule has 146 valence electrons. The molecule has 26 heavy (non-hydrogen) atoms. The van der Waals surface area contributed by atoms with E-state index in [2.05, 4.69) is 65.0 Å². The van der Waals surface area contributed by atoms with Crippen molar-refractivity contribution in [1.29, 1.82) is 0 Å². The zero-order valence-corrected chi connectivity index (χ0v) is 17.8. The second-order valence-electron chi connectivity index (χ2n) is 7.48. The van der Waals surface area contributed by atoms with Crippen molar-refractivity contribution in [3.63, 3.8) is 0 Å². The zero-order valence-electron chi connectivity index (χ0n) is 17.8. The van der Waals surface area contributed by atoms with Gasteiger partial charge < -0.3 is 5.11 Å². The number of aliphatic hydroxyl groups is 1. The van der Waals surface area contributed by atoms with Crippen LogP contribution in [0.2, 0.25) is 0 Å². The van der Waals surface area contributed by atoms with Crippen LogP contribution in [0.15, 0.2) is 47.1 Å². The van der Waals surface area contributed by atoms with Crippen LogP contribution >= 0.6 is 0 Å². The topological polar surface area (TPSA) is 20.2 Å². The summed E-state index contributed by atoms with van der Waals surface area (Å²) in [6, 6.07) is 8.59. The molecule has 1 unspecified atom stereocenters. The van der Waals surface area contributed by atoms with E-state index in [1.54, 1.807) is 0 Å². The van der Waals surface area contributed by atoms with Gasteiger partial charge in [0.1, 0.15) is 0 Å². The van der Waals surface area contributed by atoms with Gasteiger partial charge in [0, 0.05) is 6.42 Å². The van der Waals surface area contributed by atoms with E-state index in [9.17, 15) is 5.11 Å². The number of benzene rings is 1. The molecule has 0 bridgehead atoms. The minimum Gasteiger partial charge on any atom is -0.388 e. The summed E-state index contributed by atoms with van der Waals surface area (Å²) in [6.45, 7) is 11.1. The van der Waals surface area contributed by atoms with Gasteiger partial charge in [-0.2, -0.15) is 0 Å². The number of hydrogen-bond donors (Lipinski definition) is 1. The molecule has 0 aliphatic rings. The Bertz CT molecular complexity index is 562. The maximum Gasteiger partial charge on any atom is 0.0796 e. The van der Waals surface area contributed by atoms with Crippen molar-refractivity contribution >= 4 is 0 Å². The van der Waals surface area contributed by atoms with Crippen LogP contribution in [0, 0.1) is 6.92 Å². The summed E-state index contributed by atoms with van der Waals surface area (Å²) < 4.78 is 0. The van der Waals surface area contributed by atoms with Crippen molar-refractivity contribution in [2.75, 3.05) is 0 Å². The first-order valence-electron chi connectivity index (χ1n) is 10.7. The van der Waals surface area contributed by atoms with Crippen molar-refractivity contribution in [1.82, 2.24) is 0 Å². The number of hydrogen-bond acceptors (Lipinski definition) is 1. The van der Waals surface area contributed by atoms with Crippen LogP contribution in [0.4, 0.5) is 0 Å². The smallest absolute Gasteiger partial charge is 0.0796 e. The molecule has 1 heteroatoms. The van der Waals surface area contributed by atoms with Crippen LogP contribution in [0.3, 0.4) is 0 Å². The molecule has 0 fully saturated rings. The molecule has 0 radical (unpaired) electrons. The quantitative estimate of drug-likeness (QED) is 0.389. The Kier molecular flexibility index (Phi) is 11.3. The largest absolute Gasteiger partial charge is 0.388 e. The zero-order chi connectivity index (χ0) is 19.4. The van der Waals surface area contributed by atoms with Crippen molar-refractivity contribution in [3.05, 3.63) is 58.2 Å². The number of rotatable bonds is 12. The highest BCUT2D eigenvalue weighted by Gasteiger charge is 2.18. The standard InChI is InChI=1S/C25H40O/c1-6-10-14-22(11-7-2)23(12-8-3)24(13-9-4)25(26)19-21-17-15-20(5)16-18-21/h14-18,25-26H,6-13,19H2,1-5H3/b22-14+,24-23+. The molecule has 0 aromatic heterocycles. The number of unbranched alkanes of at least 4 members (excludes halogenated alkanes) is 1. The fourth-order valence-corrected chi connectivity index (χ4v) is 3.60. The lowest BCUT2D eigenvalue weighted by Gasteiger charge is -2.23. The highest BCUT2D eigenvalue weighted by molar-refractivity contribution is 5.38. The van der Waals surface area contributed by atoms with E-state index in [0.717, 1.165) is 51.4 Å². The maximum atomic E-state index is 11.1. The van der Waals surface area contributed by atoms with E-state index in [-0.39, 0.29) is 6.10 Å². The van der Waals surface area contributed by atoms with Gasteiger partial charge in [0.2, 0.25) is 0 Å². The van der Waals surface area contributed by atoms with Crippen LogP contribution in [0.1, 0.15) is 90.2 Å². The van der Waals surface area contributed by atoms with Crippen molar-refractivity contribution in [3.8, 4) is 0 Å². The molecule has 1 atom stereocenters. The molecule has 1 aromatic rings. The third-order valence-corrected chi connectivity index (χ3v) is 4.95. The Hall–Kier alpha value is -1.34. The van der Waals surface area contributed by atoms with Crippen molar-refractivity contribution in [2.24, 2.45) is 0 Å². The lowest BCUT2D eigenvalue weighted by molar-refractivity contribution is 0.205. The number of aliphatic hydroxyl groups excluding tert-OH is 1. The predicted molar refractivity (Wildman–Crippen MR) is 116 cm³/mol. The van der Waals surface area contributed by atoms with Crippen LogP contribution in [0.5, 0.6) is 0 Å². The molecule has 1 rings (SSSR count). The minimum atomic E-state index is -0.374. The molecular formula is C25H40O. The van der Waals surface area contributed by atoms with Crippen molar-refractivity contribution in [2.45, 2.75) is 98.5 Å². The van der Waals surface area contributed by atoms with Crippen molar-refractivity contribution < 1.29 is 5.11 Å². The summed E-state index contributed by atoms with van der Waals surface area (Å²) in [4.78, 5) is 0. The SMILES string of the molecule is CCC/C=C(CCC)/C(CCC)=C(\CCC)C(O)Cc1ccc(C)cc1. The van der Waals surface area contributed by atoms with Gasteiger partial charge in [-0.25, -0.2) is 0 Å². The molecule has 0 amide bonds. The Labute approximate surface area is 162 Å². The molecule has 0 aliphatic carbocycles. The van der Waals surface area contributed by atoms with Gasteiger partial charge >= 0.3 is 0 Å². The van der Waals surface area contributed by atoms with Gasteiger partial charge in [0.15, 0.2) is 0 Å². The Balaban J connectivity index is 3.22. The molecule has 1 aromatic carbocycles. The predicted octanol–water partition coefficient (Wildman–Crippen LogP) is 7.32. The lowest BCUT2D eigenvalue weighted by atomic mass is 9.86. The monoisotopic (exact) mass is 356 g/mol. The van der Waals surface area contributed by atoms with E-state index >= 15 is 0 Å². The van der Waals surface area contributed by atoms with Gasteiger partial charge in [-0.3, -0.25) is 0 Å². The first-order chi connectivity index (χ1) is 12.6. The Morgan fingerprint density at radius 2 is 1.50 bits per heavy atom. The summed E-state index contributed by atoms with van der Waals surface area (Å²) in [7, 11) is 0. The van der Waals surface area contributed by atoms with E-state index in [1.807, 2.05) is 0 Å². The van der Waals surface area contributed by atoms with Gasteiger partial charge in [0.05, 0.1) is 6.10 Å². The van der Waals surface area contributed by atoms with Gasteiger partial charge in [-0.15, -0.1) is 0 Å².